The lowest BCUT2D eigenvalue weighted by molar-refractivity contribution is -0.122. The average Bonchev–Trinajstić information content (AvgIpc) is 2.95. The highest BCUT2D eigenvalue weighted by Crippen LogP contribution is 2.25. The highest BCUT2D eigenvalue weighted by Gasteiger charge is 2.17. The van der Waals surface area contributed by atoms with Gasteiger partial charge >= 0.3 is 0 Å². The number of halogens is 1. The number of hydrogen-bond acceptors (Lipinski definition) is 6. The monoisotopic (exact) mass is 399 g/mol. The zero-order valence-electron chi connectivity index (χ0n) is 11.8. The summed E-state index contributed by atoms with van der Waals surface area (Å²) in [5.74, 6) is 1.12. The van der Waals surface area contributed by atoms with Gasteiger partial charge in [-0.3, -0.25) is 10.1 Å². The van der Waals surface area contributed by atoms with Gasteiger partial charge < -0.3 is 4.74 Å². The fourth-order valence-corrected chi connectivity index (χ4v) is 3.21. The van der Waals surface area contributed by atoms with Gasteiger partial charge in [-0.05, 0) is 31.2 Å². The molecule has 116 valence electrons. The van der Waals surface area contributed by atoms with E-state index in [1.165, 1.54) is 23.1 Å². The van der Waals surface area contributed by atoms with Crippen LogP contribution in [-0.4, -0.2) is 28.0 Å². The van der Waals surface area contributed by atoms with Crippen molar-refractivity contribution in [3.63, 3.8) is 0 Å². The Kier molecular flexibility index (Phi) is 6.41. The van der Waals surface area contributed by atoms with Gasteiger partial charge in [-0.15, -0.1) is 16.8 Å². The number of hydrogen-bond donors (Lipinski definition) is 1. The zero-order chi connectivity index (χ0) is 15.9. The Morgan fingerprint density at radius 2 is 2.23 bits per heavy atom. The molecule has 8 heteroatoms. The highest BCUT2D eigenvalue weighted by atomic mass is 79.9. The largest absolute Gasteiger partial charge is 0.481 e. The molecule has 0 saturated heterocycles. The number of carbonyl (C=O) groups excluding carboxylic acids is 1. The van der Waals surface area contributed by atoms with Crippen molar-refractivity contribution in [1.82, 2.24) is 10.2 Å². The number of nitrogens with one attached hydrogen (secondary N) is 1. The summed E-state index contributed by atoms with van der Waals surface area (Å²) in [6, 6.07) is 7.30. The molecule has 1 atom stereocenters. The molecule has 0 saturated carbocycles. The maximum atomic E-state index is 12.1. The van der Waals surface area contributed by atoms with Crippen LogP contribution in [0.15, 0.2) is 45.7 Å². The van der Waals surface area contributed by atoms with Gasteiger partial charge in [-0.2, -0.15) is 0 Å². The van der Waals surface area contributed by atoms with Gasteiger partial charge in [0.25, 0.3) is 5.91 Å². The zero-order valence-corrected chi connectivity index (χ0v) is 15.0. The van der Waals surface area contributed by atoms with Crippen molar-refractivity contribution in [2.75, 3.05) is 11.1 Å². The lowest BCUT2D eigenvalue weighted by Gasteiger charge is -2.13. The quantitative estimate of drug-likeness (QED) is 0.433. The van der Waals surface area contributed by atoms with Gasteiger partial charge in [-0.25, -0.2) is 0 Å². The van der Waals surface area contributed by atoms with Gasteiger partial charge in [-0.1, -0.05) is 45.1 Å². The molecule has 2 rings (SSSR count). The van der Waals surface area contributed by atoms with Gasteiger partial charge in [0.2, 0.25) is 5.13 Å². The summed E-state index contributed by atoms with van der Waals surface area (Å²) >= 11 is 6.19. The summed E-state index contributed by atoms with van der Waals surface area (Å²) in [7, 11) is 0. The molecule has 1 amide bonds. The Balaban J connectivity index is 1.89. The number of ether oxygens (including phenoxy) is 1. The molecule has 1 heterocycles. The van der Waals surface area contributed by atoms with Crippen molar-refractivity contribution < 1.29 is 9.53 Å². The number of anilines is 1. The van der Waals surface area contributed by atoms with E-state index in [9.17, 15) is 4.79 Å². The minimum absolute atomic E-state index is 0.265. The Hall–Kier alpha value is -1.38. The topological polar surface area (TPSA) is 64.1 Å². The predicted molar refractivity (Wildman–Crippen MR) is 93.7 cm³/mol. The number of benzene rings is 1. The van der Waals surface area contributed by atoms with Crippen molar-refractivity contribution in [3.8, 4) is 5.75 Å². The predicted octanol–water partition coefficient (Wildman–Crippen LogP) is 3.98. The third-order valence-electron chi connectivity index (χ3n) is 2.46. The fourth-order valence-electron chi connectivity index (χ4n) is 1.43. The van der Waals surface area contributed by atoms with E-state index in [0.717, 1.165) is 14.6 Å². The van der Waals surface area contributed by atoms with Crippen LogP contribution in [0.2, 0.25) is 0 Å². The Bertz CT molecular complexity index is 646. The molecule has 0 aliphatic heterocycles. The molecule has 0 bridgehead atoms. The summed E-state index contributed by atoms with van der Waals surface area (Å²) in [5.41, 5.74) is 0. The third-order valence-corrected chi connectivity index (χ3v) is 4.95. The van der Waals surface area contributed by atoms with E-state index < -0.39 is 6.10 Å². The average molecular weight is 400 g/mol. The van der Waals surface area contributed by atoms with E-state index in [4.69, 9.17) is 4.74 Å². The standard InChI is InChI=1S/C14H14BrN3O2S2/c1-3-8-21-14-18-17-13(22-14)16-12(19)9(2)20-11-6-4-10(15)5-7-11/h3-7,9H,1,8H2,2H3,(H,16,17,19). The van der Waals surface area contributed by atoms with Crippen molar-refractivity contribution in [3.05, 3.63) is 41.4 Å². The van der Waals surface area contributed by atoms with Crippen LogP contribution in [0.1, 0.15) is 6.92 Å². The van der Waals surface area contributed by atoms with E-state index in [2.05, 4.69) is 38.0 Å². The van der Waals surface area contributed by atoms with Crippen LogP contribution in [0, 0.1) is 0 Å². The van der Waals surface area contributed by atoms with Crippen molar-refractivity contribution in [2.24, 2.45) is 0 Å². The van der Waals surface area contributed by atoms with E-state index in [1.807, 2.05) is 12.1 Å². The van der Waals surface area contributed by atoms with Gasteiger partial charge in [0.05, 0.1) is 0 Å². The third kappa shape index (κ3) is 5.11. The molecule has 0 spiro atoms. The van der Waals surface area contributed by atoms with Gasteiger partial charge in [0, 0.05) is 10.2 Å². The molecule has 5 nitrogen and oxygen atoms in total. The smallest absolute Gasteiger partial charge is 0.266 e. The van der Waals surface area contributed by atoms with Gasteiger partial charge in [0.1, 0.15) is 5.75 Å². The molecule has 1 unspecified atom stereocenters. The summed E-state index contributed by atoms with van der Waals surface area (Å²) in [6.07, 6.45) is 1.16. The minimum Gasteiger partial charge on any atom is -0.481 e. The van der Waals surface area contributed by atoms with E-state index in [-0.39, 0.29) is 5.91 Å². The lowest BCUT2D eigenvalue weighted by Crippen LogP contribution is -2.30. The number of aromatic nitrogens is 2. The minimum atomic E-state index is -0.630. The van der Waals surface area contributed by atoms with Crippen LogP contribution in [0.3, 0.4) is 0 Å². The molecule has 0 fully saturated rings. The Morgan fingerprint density at radius 3 is 2.91 bits per heavy atom. The number of amides is 1. The molecule has 22 heavy (non-hydrogen) atoms. The summed E-state index contributed by atoms with van der Waals surface area (Å²) < 4.78 is 7.32. The lowest BCUT2D eigenvalue weighted by atomic mass is 10.3. The van der Waals surface area contributed by atoms with E-state index >= 15 is 0 Å². The number of carbonyl (C=O) groups is 1. The molecule has 1 aromatic heterocycles. The van der Waals surface area contributed by atoms with Crippen LogP contribution >= 0.6 is 39.0 Å². The summed E-state index contributed by atoms with van der Waals surface area (Å²) in [5, 5.41) is 11.1. The van der Waals surface area contributed by atoms with Crippen molar-refractivity contribution in [1.29, 1.82) is 0 Å². The number of thioether (sulfide) groups is 1. The molecule has 0 aliphatic carbocycles. The SMILES string of the molecule is C=CCSc1nnc(NC(=O)C(C)Oc2ccc(Br)cc2)s1. The molecule has 0 radical (unpaired) electrons. The normalized spacial score (nSPS) is 11.7. The second-order valence-electron chi connectivity index (χ2n) is 4.18. The van der Waals surface area contributed by atoms with Gasteiger partial charge in [0.15, 0.2) is 10.4 Å². The van der Waals surface area contributed by atoms with Crippen LogP contribution in [-0.2, 0) is 4.79 Å². The second-order valence-corrected chi connectivity index (χ2v) is 7.34. The first-order valence-corrected chi connectivity index (χ1v) is 8.98. The first-order chi connectivity index (χ1) is 10.6. The summed E-state index contributed by atoms with van der Waals surface area (Å²) in [6.45, 7) is 5.33. The summed E-state index contributed by atoms with van der Waals surface area (Å²) in [4.78, 5) is 12.1. The van der Waals surface area contributed by atoms with Crippen LogP contribution in [0.25, 0.3) is 0 Å². The second kappa shape index (κ2) is 8.30. The highest BCUT2D eigenvalue weighted by molar-refractivity contribution is 9.10. The molecule has 1 N–H and O–H groups in total. The maximum absolute atomic E-state index is 12.1. The molecule has 0 aliphatic rings. The maximum Gasteiger partial charge on any atom is 0.266 e. The van der Waals surface area contributed by atoms with Crippen LogP contribution in [0.5, 0.6) is 5.75 Å². The first kappa shape index (κ1) is 17.0. The first-order valence-electron chi connectivity index (χ1n) is 6.39. The van der Waals surface area contributed by atoms with E-state index in [1.54, 1.807) is 25.1 Å². The number of rotatable bonds is 7. The fraction of sp³-hybridized carbons (Fsp3) is 0.214. The van der Waals surface area contributed by atoms with E-state index in [0.29, 0.717) is 10.9 Å². The molecular formula is C14H14BrN3O2S2. The molecule has 2 aromatic rings. The van der Waals surface area contributed by atoms with Crippen molar-refractivity contribution >= 4 is 50.1 Å². The number of nitrogens with zero attached hydrogens (tertiary/aromatic N) is 2. The van der Waals surface area contributed by atoms with Crippen LogP contribution < -0.4 is 10.1 Å². The van der Waals surface area contributed by atoms with Crippen molar-refractivity contribution in [2.45, 2.75) is 17.4 Å². The Labute approximate surface area is 145 Å². The van der Waals surface area contributed by atoms with Crippen LogP contribution in [0.4, 0.5) is 5.13 Å². The molecule has 1 aromatic carbocycles. The molecular weight excluding hydrogens is 386 g/mol. The Morgan fingerprint density at radius 1 is 1.50 bits per heavy atom.